The summed E-state index contributed by atoms with van der Waals surface area (Å²) in [5.74, 6) is -0.0463. The highest BCUT2D eigenvalue weighted by Crippen LogP contribution is 2.27. The first kappa shape index (κ1) is 11.0. The van der Waals surface area contributed by atoms with E-state index in [4.69, 9.17) is 5.73 Å². The monoisotopic (exact) mass is 241 g/mol. The molecule has 1 aliphatic rings. The van der Waals surface area contributed by atoms with Gasteiger partial charge < -0.3 is 10.6 Å². The Morgan fingerprint density at radius 3 is 2.83 bits per heavy atom. The van der Waals surface area contributed by atoms with Crippen LogP contribution in [0.25, 0.3) is 10.9 Å². The van der Waals surface area contributed by atoms with Gasteiger partial charge in [-0.2, -0.15) is 0 Å². The fraction of sp³-hybridized carbons (Fsp3) is 0.286. The van der Waals surface area contributed by atoms with E-state index in [0.29, 0.717) is 17.4 Å². The quantitative estimate of drug-likeness (QED) is 0.875. The van der Waals surface area contributed by atoms with Gasteiger partial charge in [-0.1, -0.05) is 18.2 Å². The van der Waals surface area contributed by atoms with Gasteiger partial charge in [0.1, 0.15) is 5.69 Å². The van der Waals surface area contributed by atoms with Crippen molar-refractivity contribution in [2.24, 2.45) is 0 Å². The number of nitrogens with two attached hydrogens (primary N) is 1. The minimum absolute atomic E-state index is 0.0463. The molecular weight excluding hydrogens is 226 g/mol. The van der Waals surface area contributed by atoms with Gasteiger partial charge >= 0.3 is 0 Å². The largest absolute Gasteiger partial charge is 0.398 e. The van der Waals surface area contributed by atoms with Gasteiger partial charge in [0.2, 0.25) is 0 Å². The number of carbonyl (C=O) groups excluding carboxylic acids is 1. The number of para-hydroxylation sites is 1. The summed E-state index contributed by atoms with van der Waals surface area (Å²) < 4.78 is 0. The van der Waals surface area contributed by atoms with E-state index in [2.05, 4.69) is 4.98 Å². The molecule has 1 aromatic heterocycles. The molecule has 0 unspecified atom stereocenters. The van der Waals surface area contributed by atoms with Crippen LogP contribution >= 0.6 is 0 Å². The van der Waals surface area contributed by atoms with E-state index >= 15 is 0 Å². The number of pyridine rings is 1. The van der Waals surface area contributed by atoms with E-state index in [0.717, 1.165) is 23.7 Å². The van der Waals surface area contributed by atoms with Crippen LogP contribution in [-0.4, -0.2) is 28.9 Å². The molecule has 1 heterocycles. The Morgan fingerprint density at radius 2 is 2.11 bits per heavy atom. The van der Waals surface area contributed by atoms with E-state index in [-0.39, 0.29) is 5.91 Å². The molecule has 2 N–H and O–H groups in total. The number of benzene rings is 1. The Bertz CT molecular complexity index is 619. The van der Waals surface area contributed by atoms with E-state index < -0.39 is 0 Å². The molecule has 0 saturated heterocycles. The molecule has 0 aliphatic heterocycles. The maximum absolute atomic E-state index is 12.2. The molecule has 92 valence electrons. The molecule has 0 bridgehead atoms. The summed E-state index contributed by atoms with van der Waals surface area (Å²) in [6, 6.07) is 9.65. The zero-order valence-electron chi connectivity index (χ0n) is 10.3. The van der Waals surface area contributed by atoms with Crippen molar-refractivity contribution in [3.8, 4) is 0 Å². The van der Waals surface area contributed by atoms with Crippen molar-refractivity contribution < 1.29 is 4.79 Å². The van der Waals surface area contributed by atoms with Crippen LogP contribution in [0.2, 0.25) is 0 Å². The Balaban J connectivity index is 2.04. The predicted octanol–water partition coefficient (Wildman–Crippen LogP) is 2.05. The van der Waals surface area contributed by atoms with Gasteiger partial charge in [0.05, 0.1) is 5.52 Å². The Labute approximate surface area is 105 Å². The van der Waals surface area contributed by atoms with Gasteiger partial charge in [0, 0.05) is 24.2 Å². The summed E-state index contributed by atoms with van der Waals surface area (Å²) in [5, 5.41) is 0.892. The molecule has 1 saturated carbocycles. The van der Waals surface area contributed by atoms with Crippen molar-refractivity contribution in [2.75, 3.05) is 12.8 Å². The SMILES string of the molecule is CN(C(=O)c1cc(N)c2ccccc2n1)C1CC1. The summed E-state index contributed by atoms with van der Waals surface area (Å²) in [4.78, 5) is 18.4. The molecule has 0 spiro atoms. The molecule has 3 rings (SSSR count). The molecule has 1 aliphatic carbocycles. The van der Waals surface area contributed by atoms with Gasteiger partial charge in [-0.25, -0.2) is 4.98 Å². The van der Waals surface area contributed by atoms with Crippen LogP contribution in [0.5, 0.6) is 0 Å². The van der Waals surface area contributed by atoms with E-state index in [1.165, 1.54) is 0 Å². The molecule has 2 aromatic rings. The Kier molecular flexibility index (Phi) is 2.44. The first-order valence-corrected chi connectivity index (χ1v) is 6.09. The Morgan fingerprint density at radius 1 is 1.39 bits per heavy atom. The summed E-state index contributed by atoms with van der Waals surface area (Å²) >= 11 is 0. The number of aromatic nitrogens is 1. The maximum Gasteiger partial charge on any atom is 0.272 e. The normalized spacial score (nSPS) is 14.7. The van der Waals surface area contributed by atoms with Crippen LogP contribution in [0.1, 0.15) is 23.3 Å². The number of fused-ring (bicyclic) bond motifs is 1. The lowest BCUT2D eigenvalue weighted by Gasteiger charge is -2.16. The first-order valence-electron chi connectivity index (χ1n) is 6.09. The van der Waals surface area contributed by atoms with Crippen molar-refractivity contribution >= 4 is 22.5 Å². The van der Waals surface area contributed by atoms with Crippen molar-refractivity contribution in [2.45, 2.75) is 18.9 Å². The highest BCUT2D eigenvalue weighted by atomic mass is 16.2. The zero-order valence-corrected chi connectivity index (χ0v) is 10.3. The van der Waals surface area contributed by atoms with Crippen molar-refractivity contribution in [1.29, 1.82) is 0 Å². The van der Waals surface area contributed by atoms with E-state index in [1.807, 2.05) is 31.3 Å². The van der Waals surface area contributed by atoms with Crippen LogP contribution in [0.3, 0.4) is 0 Å². The van der Waals surface area contributed by atoms with E-state index in [9.17, 15) is 4.79 Å². The molecule has 1 amide bonds. The molecule has 18 heavy (non-hydrogen) atoms. The minimum Gasteiger partial charge on any atom is -0.398 e. The van der Waals surface area contributed by atoms with Gasteiger partial charge in [-0.3, -0.25) is 4.79 Å². The fourth-order valence-electron chi connectivity index (χ4n) is 2.12. The minimum atomic E-state index is -0.0463. The number of hydrogen-bond acceptors (Lipinski definition) is 3. The van der Waals surface area contributed by atoms with Crippen molar-refractivity contribution in [1.82, 2.24) is 9.88 Å². The van der Waals surface area contributed by atoms with Crippen LogP contribution in [0, 0.1) is 0 Å². The molecule has 0 radical (unpaired) electrons. The van der Waals surface area contributed by atoms with Crippen molar-refractivity contribution in [3.63, 3.8) is 0 Å². The highest BCUT2D eigenvalue weighted by Gasteiger charge is 2.30. The second-order valence-corrected chi connectivity index (χ2v) is 4.76. The average molecular weight is 241 g/mol. The number of anilines is 1. The van der Waals surface area contributed by atoms with Crippen LogP contribution < -0.4 is 5.73 Å². The number of nitrogens with zero attached hydrogens (tertiary/aromatic N) is 2. The van der Waals surface area contributed by atoms with Gasteiger partial charge in [0.25, 0.3) is 5.91 Å². The number of carbonyl (C=O) groups is 1. The highest BCUT2D eigenvalue weighted by molar-refractivity contribution is 5.99. The van der Waals surface area contributed by atoms with Crippen molar-refractivity contribution in [3.05, 3.63) is 36.0 Å². The third-order valence-corrected chi connectivity index (χ3v) is 3.38. The summed E-state index contributed by atoms with van der Waals surface area (Å²) in [6.07, 6.45) is 2.18. The molecule has 4 nitrogen and oxygen atoms in total. The molecule has 1 aromatic carbocycles. The third kappa shape index (κ3) is 1.79. The zero-order chi connectivity index (χ0) is 12.7. The number of hydrogen-bond donors (Lipinski definition) is 1. The second kappa shape index (κ2) is 3.98. The smallest absolute Gasteiger partial charge is 0.272 e. The molecular formula is C14H15N3O. The van der Waals surface area contributed by atoms with Gasteiger partial charge in [-0.05, 0) is 25.0 Å². The second-order valence-electron chi connectivity index (χ2n) is 4.76. The molecule has 1 fully saturated rings. The van der Waals surface area contributed by atoms with Crippen LogP contribution in [0.15, 0.2) is 30.3 Å². The summed E-state index contributed by atoms with van der Waals surface area (Å²) in [6.45, 7) is 0. The first-order chi connectivity index (χ1) is 8.66. The number of nitrogen functional groups attached to an aromatic ring is 1. The number of rotatable bonds is 2. The lowest BCUT2D eigenvalue weighted by atomic mass is 10.1. The molecule has 4 heteroatoms. The summed E-state index contributed by atoms with van der Waals surface area (Å²) in [5.41, 5.74) is 7.78. The third-order valence-electron chi connectivity index (χ3n) is 3.38. The lowest BCUT2D eigenvalue weighted by Crippen LogP contribution is -2.29. The van der Waals surface area contributed by atoms with Gasteiger partial charge in [0.15, 0.2) is 0 Å². The van der Waals surface area contributed by atoms with E-state index in [1.54, 1.807) is 11.0 Å². The van der Waals surface area contributed by atoms with Gasteiger partial charge in [-0.15, -0.1) is 0 Å². The standard InChI is InChI=1S/C14H15N3O/c1-17(9-6-7-9)14(18)13-8-11(15)10-4-2-3-5-12(10)16-13/h2-5,8-9H,6-7H2,1H3,(H2,15,16). The van der Waals surface area contributed by atoms with Crippen LogP contribution in [-0.2, 0) is 0 Å². The average Bonchev–Trinajstić information content (AvgIpc) is 3.21. The van der Waals surface area contributed by atoms with Crippen LogP contribution in [0.4, 0.5) is 5.69 Å². The Hall–Kier alpha value is -2.10. The predicted molar refractivity (Wildman–Crippen MR) is 71.3 cm³/mol. The molecule has 0 atom stereocenters. The topological polar surface area (TPSA) is 59.2 Å². The maximum atomic E-state index is 12.2. The summed E-state index contributed by atoms with van der Waals surface area (Å²) in [7, 11) is 1.83. The lowest BCUT2D eigenvalue weighted by molar-refractivity contribution is 0.0780. The fourth-order valence-corrected chi connectivity index (χ4v) is 2.12. The number of amides is 1.